The van der Waals surface area contributed by atoms with Crippen LogP contribution in [-0.2, 0) is 14.2 Å². The van der Waals surface area contributed by atoms with E-state index in [0.717, 1.165) is 12.8 Å². The van der Waals surface area contributed by atoms with Crippen LogP contribution in [0.4, 0.5) is 0 Å². The highest BCUT2D eigenvalue weighted by Crippen LogP contribution is 2.40. The van der Waals surface area contributed by atoms with E-state index in [1.165, 1.54) is 0 Å². The quantitative estimate of drug-likeness (QED) is 0.507. The Morgan fingerprint density at radius 3 is 3.00 bits per heavy atom. The Kier molecular flexibility index (Phi) is 3.35. The molecule has 4 nitrogen and oxygen atoms in total. The summed E-state index contributed by atoms with van der Waals surface area (Å²) in [5, 5.41) is 9.35. The lowest BCUT2D eigenvalue weighted by Gasteiger charge is -2.28. The molecule has 2 bridgehead atoms. The Labute approximate surface area is 91.3 Å². The topological polar surface area (TPSA) is 47.9 Å². The first-order valence-corrected chi connectivity index (χ1v) is 5.51. The largest absolute Gasteiger partial charge is 0.393 e. The van der Waals surface area contributed by atoms with Gasteiger partial charge in [-0.2, -0.15) is 0 Å². The molecule has 2 aliphatic heterocycles. The number of rotatable bonds is 5. The van der Waals surface area contributed by atoms with Crippen LogP contribution in [0.5, 0.6) is 0 Å². The van der Waals surface area contributed by atoms with E-state index in [2.05, 4.69) is 6.92 Å². The van der Waals surface area contributed by atoms with Gasteiger partial charge in [0.25, 0.3) is 0 Å². The molecule has 15 heavy (non-hydrogen) atoms. The minimum absolute atomic E-state index is 0.103. The fourth-order valence-electron chi connectivity index (χ4n) is 2.19. The van der Waals surface area contributed by atoms with E-state index >= 15 is 0 Å². The van der Waals surface area contributed by atoms with Gasteiger partial charge in [-0.15, -0.1) is 0 Å². The molecule has 0 saturated carbocycles. The number of aliphatic hydroxyl groups is 1. The van der Waals surface area contributed by atoms with E-state index in [-0.39, 0.29) is 18.8 Å². The van der Waals surface area contributed by atoms with Gasteiger partial charge in [0.15, 0.2) is 0 Å². The summed E-state index contributed by atoms with van der Waals surface area (Å²) in [4.78, 5) is 0. The van der Waals surface area contributed by atoms with E-state index in [0.29, 0.717) is 13.2 Å². The molecule has 4 atom stereocenters. The van der Waals surface area contributed by atoms with Crippen LogP contribution >= 0.6 is 0 Å². The highest BCUT2D eigenvalue weighted by atomic mass is 16.7. The van der Waals surface area contributed by atoms with Crippen LogP contribution in [0.15, 0.2) is 0 Å². The molecular weight excluding hydrogens is 195 g/mol. The minimum Gasteiger partial charge on any atom is -0.393 e. The van der Waals surface area contributed by atoms with Gasteiger partial charge in [0, 0.05) is 12.6 Å². The van der Waals surface area contributed by atoms with Crippen LogP contribution in [-0.4, -0.2) is 56.6 Å². The Bertz CT molecular complexity index is 225. The van der Waals surface area contributed by atoms with Crippen LogP contribution in [0.1, 0.15) is 19.8 Å². The zero-order valence-corrected chi connectivity index (χ0v) is 9.02. The number of aliphatic hydroxyl groups excluding tert-OH is 1. The zero-order chi connectivity index (χ0) is 10.9. The number of hydrogen-bond donors (Lipinski definition) is 1. The molecule has 2 fully saturated rings. The number of fused-ring (bicyclic) bond motifs is 2. The van der Waals surface area contributed by atoms with Gasteiger partial charge in [0.05, 0.1) is 13.2 Å². The highest BCUT2D eigenvalue weighted by molar-refractivity contribution is 6.11. The molecule has 0 aromatic rings. The summed E-state index contributed by atoms with van der Waals surface area (Å²) in [5.74, 6) is 0. The molecule has 0 aromatic carbocycles. The average molecular weight is 212 g/mol. The van der Waals surface area contributed by atoms with Crippen molar-refractivity contribution < 1.29 is 19.3 Å². The van der Waals surface area contributed by atoms with E-state index in [1.54, 1.807) is 0 Å². The predicted molar refractivity (Wildman–Crippen MR) is 54.8 cm³/mol. The molecule has 2 heterocycles. The van der Waals surface area contributed by atoms with Gasteiger partial charge >= 0.3 is 0 Å². The normalized spacial score (nSPS) is 43.7. The SMILES string of the molecule is [B][C@@H]1O[C@@]2(CO)CO[C@H]1C2OCCCC. The molecule has 1 unspecified atom stereocenters. The first-order valence-electron chi connectivity index (χ1n) is 5.51. The smallest absolute Gasteiger partial charge is 0.142 e. The molecule has 84 valence electrons. The van der Waals surface area contributed by atoms with Crippen molar-refractivity contribution in [3.63, 3.8) is 0 Å². The van der Waals surface area contributed by atoms with Crippen molar-refractivity contribution in [2.24, 2.45) is 0 Å². The second kappa shape index (κ2) is 4.41. The minimum atomic E-state index is -0.724. The van der Waals surface area contributed by atoms with Crippen molar-refractivity contribution in [3.8, 4) is 0 Å². The standard InChI is InChI=1S/C10H17BO4/c1-2-3-4-13-8-7-9(11)15-10(8,5-12)6-14-7/h7-9,12H,2-6H2,1H3/t7-,8?,9+,10-/m0/s1. The van der Waals surface area contributed by atoms with E-state index in [1.807, 2.05) is 0 Å². The molecular formula is C10H17BO4. The lowest BCUT2D eigenvalue weighted by Crippen LogP contribution is -2.45. The Hall–Kier alpha value is -0.0951. The number of hydrogen-bond acceptors (Lipinski definition) is 4. The molecule has 2 rings (SSSR count). The van der Waals surface area contributed by atoms with E-state index < -0.39 is 11.6 Å². The Morgan fingerprint density at radius 2 is 2.40 bits per heavy atom. The van der Waals surface area contributed by atoms with Crippen LogP contribution in [0.25, 0.3) is 0 Å². The summed E-state index contributed by atoms with van der Waals surface area (Å²) in [6.45, 7) is 3.04. The third-order valence-corrected chi connectivity index (χ3v) is 3.09. The average Bonchev–Trinajstić information content (AvgIpc) is 2.71. The van der Waals surface area contributed by atoms with Crippen molar-refractivity contribution in [2.45, 2.75) is 43.6 Å². The van der Waals surface area contributed by atoms with E-state index in [9.17, 15) is 5.11 Å². The van der Waals surface area contributed by atoms with Crippen LogP contribution < -0.4 is 0 Å². The monoisotopic (exact) mass is 212 g/mol. The van der Waals surface area contributed by atoms with Gasteiger partial charge in [-0.25, -0.2) is 0 Å². The zero-order valence-electron chi connectivity index (χ0n) is 9.02. The van der Waals surface area contributed by atoms with Crippen molar-refractivity contribution in [3.05, 3.63) is 0 Å². The summed E-state index contributed by atoms with van der Waals surface area (Å²) < 4.78 is 16.7. The fourth-order valence-corrected chi connectivity index (χ4v) is 2.19. The van der Waals surface area contributed by atoms with Crippen LogP contribution in [0.3, 0.4) is 0 Å². The molecule has 2 radical (unpaired) electrons. The summed E-state index contributed by atoms with van der Waals surface area (Å²) in [6, 6.07) is -0.475. The first kappa shape index (κ1) is 11.4. The summed E-state index contributed by atoms with van der Waals surface area (Å²) >= 11 is 0. The van der Waals surface area contributed by atoms with Crippen molar-refractivity contribution in [1.82, 2.24) is 0 Å². The molecule has 0 aliphatic carbocycles. The maximum Gasteiger partial charge on any atom is 0.142 e. The lowest BCUT2D eigenvalue weighted by molar-refractivity contribution is -0.140. The maximum absolute atomic E-state index is 9.35. The fraction of sp³-hybridized carbons (Fsp3) is 1.00. The molecule has 0 amide bonds. The predicted octanol–water partition coefficient (Wildman–Crippen LogP) is -0.174. The van der Waals surface area contributed by atoms with Gasteiger partial charge in [-0.1, -0.05) is 13.3 Å². The number of unbranched alkanes of at least 4 members (excludes halogenated alkanes) is 1. The van der Waals surface area contributed by atoms with Crippen molar-refractivity contribution in [2.75, 3.05) is 19.8 Å². The second-order valence-electron chi connectivity index (χ2n) is 4.23. The van der Waals surface area contributed by atoms with Crippen LogP contribution in [0.2, 0.25) is 0 Å². The molecule has 0 aromatic heterocycles. The summed E-state index contributed by atoms with van der Waals surface area (Å²) in [6.07, 6.45) is 1.63. The van der Waals surface area contributed by atoms with Crippen molar-refractivity contribution >= 4 is 7.85 Å². The van der Waals surface area contributed by atoms with Gasteiger partial charge in [-0.3, -0.25) is 0 Å². The summed E-state index contributed by atoms with van der Waals surface area (Å²) in [5.41, 5.74) is -0.724. The highest BCUT2D eigenvalue weighted by Gasteiger charge is 2.60. The number of ether oxygens (including phenoxy) is 3. The maximum atomic E-state index is 9.35. The molecule has 2 aliphatic rings. The first-order chi connectivity index (χ1) is 7.23. The van der Waals surface area contributed by atoms with Gasteiger partial charge in [-0.05, 0) is 6.42 Å². The van der Waals surface area contributed by atoms with Gasteiger partial charge in [0.2, 0.25) is 0 Å². The Morgan fingerprint density at radius 1 is 1.60 bits per heavy atom. The van der Waals surface area contributed by atoms with Crippen molar-refractivity contribution in [1.29, 1.82) is 0 Å². The lowest BCUT2D eigenvalue weighted by atomic mass is 9.92. The van der Waals surface area contributed by atoms with Gasteiger partial charge < -0.3 is 19.3 Å². The molecule has 0 spiro atoms. The Balaban J connectivity index is 1.97. The van der Waals surface area contributed by atoms with E-state index in [4.69, 9.17) is 22.1 Å². The third-order valence-electron chi connectivity index (χ3n) is 3.09. The third kappa shape index (κ3) is 1.82. The summed E-state index contributed by atoms with van der Waals surface area (Å²) in [7, 11) is 5.74. The van der Waals surface area contributed by atoms with Crippen LogP contribution in [0, 0.1) is 0 Å². The molecule has 2 saturated heterocycles. The molecule has 5 heteroatoms. The second-order valence-corrected chi connectivity index (χ2v) is 4.23. The molecule has 1 N–H and O–H groups in total. The van der Waals surface area contributed by atoms with Gasteiger partial charge in [0.1, 0.15) is 25.7 Å².